The molecule has 0 spiro atoms. The van der Waals surface area contributed by atoms with Crippen LogP contribution in [0.1, 0.15) is 463 Å². The van der Waals surface area contributed by atoms with E-state index in [0.29, 0.717) is 6.42 Å². The summed E-state index contributed by atoms with van der Waals surface area (Å²) in [5.41, 5.74) is 0. The second-order valence-electron chi connectivity index (χ2n) is 30.0. The topological polar surface area (TPSA) is 149 Å². The normalized spacial score (nSPS) is 17.5. The number of aliphatic hydroxyl groups is 5. The fourth-order valence-corrected chi connectivity index (χ4v) is 14.3. The second kappa shape index (κ2) is 73.6. The van der Waals surface area contributed by atoms with E-state index in [1.54, 1.807) is 6.08 Å². The Kier molecular flexibility index (Phi) is 71.2. The van der Waals surface area contributed by atoms with Gasteiger partial charge in [-0.3, -0.25) is 4.79 Å². The highest BCUT2D eigenvalue weighted by atomic mass is 16.7. The lowest BCUT2D eigenvalue weighted by molar-refractivity contribution is -0.302. The highest BCUT2D eigenvalue weighted by Crippen LogP contribution is 2.24. The van der Waals surface area contributed by atoms with Crippen molar-refractivity contribution in [1.29, 1.82) is 0 Å². The van der Waals surface area contributed by atoms with E-state index in [4.69, 9.17) is 9.47 Å². The SMILES string of the molecule is CCCCCCCCCCCCCCCCCCCCCCCCCCCCCCCC/C=C/C(O)C(COC1OC(CO)C(O)C(O)C1O)NC(=O)CCCCCCCCCCCCCCCCCCCCCCCCCCCCCCCCCCCCCCCC. The second-order valence-corrected chi connectivity index (χ2v) is 30.0. The Bertz CT molecular complexity index is 1480. The number of carbonyl (C=O) groups excluding carboxylic acids is 1. The van der Waals surface area contributed by atoms with Gasteiger partial charge in [0.2, 0.25) is 5.91 Å². The summed E-state index contributed by atoms with van der Waals surface area (Å²) in [4.78, 5) is 13.2. The minimum atomic E-state index is -1.57. The van der Waals surface area contributed by atoms with E-state index < -0.39 is 49.5 Å². The van der Waals surface area contributed by atoms with Crippen molar-refractivity contribution in [3.05, 3.63) is 12.2 Å². The van der Waals surface area contributed by atoms with Gasteiger partial charge in [0.25, 0.3) is 0 Å². The van der Waals surface area contributed by atoms with Gasteiger partial charge in [-0.25, -0.2) is 0 Å². The predicted octanol–water partition coefficient (Wildman–Crippen LogP) is 24.6. The lowest BCUT2D eigenvalue weighted by Crippen LogP contribution is -2.60. The maximum Gasteiger partial charge on any atom is 0.220 e. The number of nitrogens with one attached hydrogen (secondary N) is 1. The summed E-state index contributed by atoms with van der Waals surface area (Å²) in [7, 11) is 0. The third-order valence-corrected chi connectivity index (χ3v) is 20.9. The molecule has 93 heavy (non-hydrogen) atoms. The molecule has 1 aliphatic rings. The van der Waals surface area contributed by atoms with Crippen LogP contribution in [0.2, 0.25) is 0 Å². The van der Waals surface area contributed by atoms with E-state index in [2.05, 4.69) is 19.2 Å². The van der Waals surface area contributed by atoms with Crippen molar-refractivity contribution in [3.63, 3.8) is 0 Å². The highest BCUT2D eigenvalue weighted by Gasteiger charge is 2.44. The molecule has 9 heteroatoms. The van der Waals surface area contributed by atoms with Crippen molar-refractivity contribution in [1.82, 2.24) is 5.32 Å². The minimum Gasteiger partial charge on any atom is -0.394 e. The minimum absolute atomic E-state index is 0.165. The maximum atomic E-state index is 13.2. The van der Waals surface area contributed by atoms with Crippen LogP contribution in [0, 0.1) is 0 Å². The first-order valence-corrected chi connectivity index (χ1v) is 42.4. The summed E-state index contributed by atoms with van der Waals surface area (Å²) in [6.45, 7) is 3.86. The quantitative estimate of drug-likeness (QED) is 0.0261. The Morgan fingerprint density at radius 3 is 0.839 bits per heavy atom. The number of allylic oxidation sites excluding steroid dienone is 1. The van der Waals surface area contributed by atoms with Crippen LogP contribution in [0.4, 0.5) is 0 Å². The third-order valence-electron chi connectivity index (χ3n) is 20.9. The summed E-state index contributed by atoms with van der Waals surface area (Å²) in [5.74, 6) is -0.165. The molecule has 1 amide bonds. The maximum absolute atomic E-state index is 13.2. The van der Waals surface area contributed by atoms with Crippen LogP contribution in [-0.2, 0) is 14.3 Å². The molecule has 7 unspecified atom stereocenters. The van der Waals surface area contributed by atoms with Gasteiger partial charge in [-0.1, -0.05) is 450 Å². The van der Waals surface area contributed by atoms with Gasteiger partial charge in [-0.2, -0.15) is 0 Å². The number of ether oxygens (including phenoxy) is 2. The number of rotatable bonds is 77. The van der Waals surface area contributed by atoms with Crippen molar-refractivity contribution in [2.45, 2.75) is 506 Å². The van der Waals surface area contributed by atoms with Gasteiger partial charge < -0.3 is 40.3 Å². The Hall–Kier alpha value is -1.07. The van der Waals surface area contributed by atoms with Gasteiger partial charge in [0.1, 0.15) is 24.4 Å². The van der Waals surface area contributed by atoms with Gasteiger partial charge in [0.05, 0.1) is 25.4 Å². The number of amides is 1. The molecule has 0 aromatic rings. The summed E-state index contributed by atoms with van der Waals surface area (Å²) < 4.78 is 11.4. The van der Waals surface area contributed by atoms with Gasteiger partial charge >= 0.3 is 0 Å². The van der Waals surface area contributed by atoms with E-state index in [1.165, 1.54) is 405 Å². The standard InChI is InChI=1S/C84H165NO8/c1-3-5-7-9-11-13-15-17-19-21-23-25-27-29-31-33-35-37-38-39-40-41-42-44-46-48-50-52-54-56-58-60-62-64-66-68-70-72-74-80(88)85-77(76-92-84-83(91)82(90)81(89)79(75-86)93-84)78(87)73-71-69-67-65-63-61-59-57-55-53-51-49-47-45-43-36-34-32-30-28-26-24-22-20-18-16-14-12-10-8-6-4-2/h71,73,77-79,81-84,86-87,89-91H,3-70,72,74-76H2,1-2H3,(H,85,88)/b73-71+. The number of aliphatic hydroxyl groups excluding tert-OH is 5. The van der Waals surface area contributed by atoms with E-state index in [-0.39, 0.29) is 12.5 Å². The monoisotopic (exact) mass is 1320 g/mol. The molecule has 9 nitrogen and oxygen atoms in total. The zero-order valence-electron chi connectivity index (χ0n) is 62.6. The van der Waals surface area contributed by atoms with Gasteiger partial charge in [-0.15, -0.1) is 0 Å². The first-order chi connectivity index (χ1) is 45.8. The van der Waals surface area contributed by atoms with Crippen molar-refractivity contribution in [3.8, 4) is 0 Å². The van der Waals surface area contributed by atoms with Gasteiger partial charge in [-0.05, 0) is 19.3 Å². The van der Waals surface area contributed by atoms with Crippen molar-refractivity contribution >= 4 is 5.91 Å². The smallest absolute Gasteiger partial charge is 0.220 e. The molecule has 1 saturated heterocycles. The molecule has 1 rings (SSSR count). The molecule has 0 saturated carbocycles. The van der Waals surface area contributed by atoms with Crippen LogP contribution in [0.25, 0.3) is 0 Å². The predicted molar refractivity (Wildman–Crippen MR) is 401 cm³/mol. The summed E-state index contributed by atoms with van der Waals surface area (Å²) >= 11 is 0. The van der Waals surface area contributed by atoms with Crippen molar-refractivity contribution < 1.29 is 39.8 Å². The number of hydrogen-bond donors (Lipinski definition) is 6. The number of unbranched alkanes of at least 4 members (excludes halogenated alkanes) is 67. The van der Waals surface area contributed by atoms with Gasteiger partial charge in [0.15, 0.2) is 6.29 Å². The van der Waals surface area contributed by atoms with Crippen LogP contribution in [-0.4, -0.2) is 87.5 Å². The zero-order chi connectivity index (χ0) is 67.1. The fourth-order valence-electron chi connectivity index (χ4n) is 14.3. The van der Waals surface area contributed by atoms with Crippen LogP contribution < -0.4 is 5.32 Å². The highest BCUT2D eigenvalue weighted by molar-refractivity contribution is 5.76. The molecule has 554 valence electrons. The average molecular weight is 1320 g/mol. The first kappa shape index (κ1) is 89.9. The Labute approximate surface area is 579 Å². The number of carbonyl (C=O) groups is 1. The van der Waals surface area contributed by atoms with Crippen molar-refractivity contribution in [2.24, 2.45) is 0 Å². The first-order valence-electron chi connectivity index (χ1n) is 42.4. The summed E-state index contributed by atoms with van der Waals surface area (Å²) in [5, 5.41) is 55.0. The summed E-state index contributed by atoms with van der Waals surface area (Å²) in [6.07, 6.45) is 91.1. The Morgan fingerprint density at radius 1 is 0.355 bits per heavy atom. The largest absolute Gasteiger partial charge is 0.394 e. The van der Waals surface area contributed by atoms with Crippen molar-refractivity contribution in [2.75, 3.05) is 13.2 Å². The van der Waals surface area contributed by atoms with Gasteiger partial charge in [0, 0.05) is 6.42 Å². The molecular formula is C84H165NO8. The van der Waals surface area contributed by atoms with E-state index >= 15 is 0 Å². The fraction of sp³-hybridized carbons (Fsp3) is 0.964. The van der Waals surface area contributed by atoms with Crippen LogP contribution in [0.3, 0.4) is 0 Å². The van der Waals surface area contributed by atoms with Crippen LogP contribution in [0.15, 0.2) is 12.2 Å². The van der Waals surface area contributed by atoms with Crippen LogP contribution in [0.5, 0.6) is 0 Å². The van der Waals surface area contributed by atoms with E-state index in [0.717, 1.165) is 38.5 Å². The Balaban J connectivity index is 2.03. The molecule has 1 fully saturated rings. The molecule has 0 aromatic heterocycles. The molecule has 0 aromatic carbocycles. The average Bonchev–Trinajstić information content (AvgIpc) is 1.04. The number of hydrogen-bond acceptors (Lipinski definition) is 8. The molecule has 6 N–H and O–H groups in total. The molecule has 0 aliphatic carbocycles. The molecular weight excluding hydrogens is 1150 g/mol. The summed E-state index contributed by atoms with van der Waals surface area (Å²) in [6, 6.07) is -0.803. The third kappa shape index (κ3) is 61.7. The molecule has 1 aliphatic heterocycles. The molecule has 0 radical (unpaired) electrons. The molecule has 0 bridgehead atoms. The lowest BCUT2D eigenvalue weighted by atomic mass is 9.99. The molecule has 7 atom stereocenters. The van der Waals surface area contributed by atoms with E-state index in [1.807, 2.05) is 6.08 Å². The van der Waals surface area contributed by atoms with E-state index in [9.17, 15) is 30.3 Å². The molecule has 1 heterocycles. The lowest BCUT2D eigenvalue weighted by Gasteiger charge is -2.40. The zero-order valence-corrected chi connectivity index (χ0v) is 62.6. The Morgan fingerprint density at radius 2 is 0.591 bits per heavy atom. The van der Waals surface area contributed by atoms with Crippen LogP contribution >= 0.6 is 0 Å².